The number of aliphatic hydroxyl groups is 1. The molecule has 20 heavy (non-hydrogen) atoms. The van der Waals surface area contributed by atoms with Crippen LogP contribution in [0, 0.1) is 10.1 Å². The van der Waals surface area contributed by atoms with Crippen LogP contribution in [-0.4, -0.2) is 38.4 Å². The number of nitrogens with one attached hydrogen (secondary N) is 1. The summed E-state index contributed by atoms with van der Waals surface area (Å²) in [7, 11) is 0. The molecule has 1 fully saturated rings. The molecule has 1 aliphatic rings. The Morgan fingerprint density at radius 1 is 1.45 bits per heavy atom. The van der Waals surface area contributed by atoms with Crippen LogP contribution < -0.4 is 5.32 Å². The van der Waals surface area contributed by atoms with Crippen molar-refractivity contribution in [1.82, 2.24) is 9.97 Å². The second-order valence-corrected chi connectivity index (χ2v) is 5.69. The minimum Gasteiger partial charge on any atom is -0.391 e. The smallest absolute Gasteiger partial charge is 0.348 e. The lowest BCUT2D eigenvalue weighted by molar-refractivity contribution is -0.384. The van der Waals surface area contributed by atoms with Crippen LogP contribution in [0.5, 0.6) is 0 Å². The van der Waals surface area contributed by atoms with Gasteiger partial charge in [0.25, 0.3) is 0 Å². The fourth-order valence-electron chi connectivity index (χ4n) is 2.22. The van der Waals surface area contributed by atoms with Gasteiger partial charge < -0.3 is 10.4 Å². The molecule has 1 aromatic rings. The predicted octanol–water partition coefficient (Wildman–Crippen LogP) is 2.48. The van der Waals surface area contributed by atoms with Crippen molar-refractivity contribution in [3.8, 4) is 0 Å². The first-order chi connectivity index (χ1) is 9.52. The highest BCUT2D eigenvalue weighted by Gasteiger charge is 2.29. The van der Waals surface area contributed by atoms with Crippen molar-refractivity contribution in [2.24, 2.45) is 0 Å². The number of nitro groups is 1. The topological polar surface area (TPSA) is 101 Å². The zero-order valence-corrected chi connectivity index (χ0v) is 12.4. The summed E-state index contributed by atoms with van der Waals surface area (Å²) in [5.74, 6) is 0.0744. The van der Waals surface area contributed by atoms with Crippen LogP contribution in [0.4, 0.5) is 11.5 Å². The molecule has 2 rings (SSSR count). The van der Waals surface area contributed by atoms with Crippen LogP contribution in [-0.2, 0) is 0 Å². The summed E-state index contributed by atoms with van der Waals surface area (Å²) in [5, 5.41) is 24.2. The zero-order chi connectivity index (χ0) is 14.7. The van der Waals surface area contributed by atoms with Gasteiger partial charge in [0.05, 0.1) is 17.1 Å². The summed E-state index contributed by atoms with van der Waals surface area (Å²) in [6, 6.07) is -0.247. The number of aliphatic hydroxyl groups excluding tert-OH is 1. The van der Waals surface area contributed by atoms with Crippen LogP contribution in [0.1, 0.15) is 25.7 Å². The Labute approximate surface area is 125 Å². The van der Waals surface area contributed by atoms with E-state index in [-0.39, 0.29) is 22.7 Å². The van der Waals surface area contributed by atoms with Crippen molar-refractivity contribution in [1.29, 1.82) is 0 Å². The summed E-state index contributed by atoms with van der Waals surface area (Å²) in [6.07, 6.45) is 4.58. The molecule has 0 radical (unpaired) electrons. The molecule has 110 valence electrons. The standard InChI is InChI=1S/C11H15ClN4O3S/c1-20-11-14-9(12)8(16(18)19)10(15-11)13-6-4-2-3-5-7(6)17/h6-7,17H,2-5H2,1H3,(H,13,14,15)/t6-,7+/m1/s1. The van der Waals surface area contributed by atoms with Crippen molar-refractivity contribution >= 4 is 34.9 Å². The normalized spacial score (nSPS) is 22.6. The molecule has 1 saturated carbocycles. The van der Waals surface area contributed by atoms with Crippen LogP contribution >= 0.6 is 23.4 Å². The average molecular weight is 319 g/mol. The van der Waals surface area contributed by atoms with Crippen molar-refractivity contribution in [3.63, 3.8) is 0 Å². The van der Waals surface area contributed by atoms with Crippen LogP contribution in [0.25, 0.3) is 0 Å². The lowest BCUT2D eigenvalue weighted by atomic mass is 9.92. The molecule has 0 aliphatic heterocycles. The van der Waals surface area contributed by atoms with Gasteiger partial charge in [-0.25, -0.2) is 4.98 Å². The summed E-state index contributed by atoms with van der Waals surface area (Å²) < 4.78 is 0. The SMILES string of the molecule is CSc1nc(Cl)c([N+](=O)[O-])c(N[C@@H]2CCCC[C@@H]2O)n1. The average Bonchev–Trinajstić information content (AvgIpc) is 2.40. The van der Waals surface area contributed by atoms with E-state index in [0.29, 0.717) is 11.6 Å². The molecule has 0 saturated heterocycles. The molecule has 0 aromatic carbocycles. The van der Waals surface area contributed by atoms with Crippen LogP contribution in [0.2, 0.25) is 5.15 Å². The van der Waals surface area contributed by atoms with Gasteiger partial charge in [0, 0.05) is 0 Å². The van der Waals surface area contributed by atoms with Crippen LogP contribution in [0.3, 0.4) is 0 Å². The molecule has 2 atom stereocenters. The van der Waals surface area contributed by atoms with Gasteiger partial charge in [-0.2, -0.15) is 4.98 Å². The van der Waals surface area contributed by atoms with E-state index in [1.165, 1.54) is 11.8 Å². The molecule has 0 spiro atoms. The third-order valence-corrected chi connectivity index (χ3v) is 4.05. The highest BCUT2D eigenvalue weighted by atomic mass is 35.5. The van der Waals surface area contributed by atoms with E-state index in [4.69, 9.17) is 11.6 Å². The van der Waals surface area contributed by atoms with Gasteiger partial charge in [-0.3, -0.25) is 10.1 Å². The Balaban J connectivity index is 2.33. The van der Waals surface area contributed by atoms with Gasteiger partial charge in [0.1, 0.15) is 0 Å². The fourth-order valence-corrected chi connectivity index (χ4v) is 2.87. The van der Waals surface area contributed by atoms with E-state index in [1.807, 2.05) is 0 Å². The molecular weight excluding hydrogens is 304 g/mol. The molecule has 7 nitrogen and oxygen atoms in total. The third kappa shape index (κ3) is 3.31. The van der Waals surface area contributed by atoms with Crippen molar-refractivity contribution in [3.05, 3.63) is 15.3 Å². The first-order valence-corrected chi connectivity index (χ1v) is 7.83. The van der Waals surface area contributed by atoms with Crippen molar-refractivity contribution in [2.75, 3.05) is 11.6 Å². The number of rotatable bonds is 4. The van der Waals surface area contributed by atoms with Gasteiger partial charge >= 0.3 is 5.69 Å². The second kappa shape index (κ2) is 6.55. The van der Waals surface area contributed by atoms with E-state index in [2.05, 4.69) is 15.3 Å². The Bertz CT molecular complexity index is 517. The highest BCUT2D eigenvalue weighted by Crippen LogP contribution is 2.33. The Morgan fingerprint density at radius 2 is 2.15 bits per heavy atom. The lowest BCUT2D eigenvalue weighted by Gasteiger charge is -2.28. The Hall–Kier alpha value is -1.12. The van der Waals surface area contributed by atoms with Gasteiger partial charge in [-0.1, -0.05) is 36.2 Å². The summed E-state index contributed by atoms with van der Waals surface area (Å²) in [4.78, 5) is 18.5. The maximum absolute atomic E-state index is 11.1. The van der Waals surface area contributed by atoms with E-state index >= 15 is 0 Å². The number of anilines is 1. The zero-order valence-electron chi connectivity index (χ0n) is 10.9. The molecular formula is C11H15ClN4O3S. The molecule has 1 aromatic heterocycles. The van der Waals surface area contributed by atoms with E-state index < -0.39 is 11.0 Å². The molecule has 1 heterocycles. The molecule has 0 unspecified atom stereocenters. The first kappa shape index (κ1) is 15.3. The number of hydrogen-bond donors (Lipinski definition) is 2. The Morgan fingerprint density at radius 3 is 2.75 bits per heavy atom. The first-order valence-electron chi connectivity index (χ1n) is 6.23. The summed E-state index contributed by atoms with van der Waals surface area (Å²) in [5.41, 5.74) is -0.345. The quantitative estimate of drug-likeness (QED) is 0.289. The number of hydrogen-bond acceptors (Lipinski definition) is 7. The lowest BCUT2D eigenvalue weighted by Crippen LogP contribution is -2.36. The van der Waals surface area contributed by atoms with Gasteiger partial charge in [0.15, 0.2) is 5.16 Å². The van der Waals surface area contributed by atoms with Crippen molar-refractivity contribution in [2.45, 2.75) is 43.0 Å². The predicted molar refractivity (Wildman–Crippen MR) is 77.4 cm³/mol. The monoisotopic (exact) mass is 318 g/mol. The van der Waals surface area contributed by atoms with Gasteiger partial charge in [-0.15, -0.1) is 0 Å². The van der Waals surface area contributed by atoms with Crippen molar-refractivity contribution < 1.29 is 10.0 Å². The fraction of sp³-hybridized carbons (Fsp3) is 0.636. The summed E-state index contributed by atoms with van der Waals surface area (Å²) >= 11 is 7.10. The number of aromatic nitrogens is 2. The van der Waals surface area contributed by atoms with E-state index in [0.717, 1.165) is 19.3 Å². The Kier molecular flexibility index (Phi) is 5.00. The molecule has 1 aliphatic carbocycles. The minimum absolute atomic E-state index is 0.0744. The maximum Gasteiger partial charge on any atom is 0.348 e. The largest absolute Gasteiger partial charge is 0.391 e. The van der Waals surface area contributed by atoms with E-state index in [1.54, 1.807) is 6.26 Å². The van der Waals surface area contributed by atoms with Gasteiger partial charge in [0.2, 0.25) is 11.0 Å². The number of nitrogens with zero attached hydrogens (tertiary/aromatic N) is 3. The maximum atomic E-state index is 11.1. The van der Waals surface area contributed by atoms with E-state index in [9.17, 15) is 15.2 Å². The second-order valence-electron chi connectivity index (χ2n) is 4.56. The minimum atomic E-state index is -0.607. The highest BCUT2D eigenvalue weighted by molar-refractivity contribution is 7.98. The molecule has 9 heteroatoms. The molecule has 0 amide bonds. The number of thioether (sulfide) groups is 1. The summed E-state index contributed by atoms with van der Waals surface area (Å²) in [6.45, 7) is 0. The molecule has 2 N–H and O–H groups in total. The number of halogens is 1. The van der Waals surface area contributed by atoms with Gasteiger partial charge in [-0.05, 0) is 19.1 Å². The third-order valence-electron chi connectivity index (χ3n) is 3.24. The van der Waals surface area contributed by atoms with Crippen LogP contribution in [0.15, 0.2) is 5.16 Å². The molecule has 0 bridgehead atoms.